The molecule has 1 N–H and O–H groups in total. The molecule has 0 aromatic rings. The van der Waals surface area contributed by atoms with Gasteiger partial charge in [-0.25, -0.2) is 0 Å². The lowest BCUT2D eigenvalue weighted by Gasteiger charge is -2.09. The smallest absolute Gasteiger partial charge is 0.323 e. The number of hydrogen-bond donors (Lipinski definition) is 1. The summed E-state index contributed by atoms with van der Waals surface area (Å²) in [4.78, 5) is 21.0. The Labute approximate surface area is 64.9 Å². The molecule has 0 radical (unpaired) electrons. The van der Waals surface area contributed by atoms with E-state index in [0.29, 0.717) is 13.0 Å². The van der Waals surface area contributed by atoms with Gasteiger partial charge in [-0.15, -0.1) is 0 Å². The molecule has 0 amide bonds. The highest BCUT2D eigenvalue weighted by Crippen LogP contribution is 2.05. The summed E-state index contributed by atoms with van der Waals surface area (Å²) in [6.07, 6.45) is 1.43. The van der Waals surface area contributed by atoms with E-state index < -0.39 is 0 Å². The molecule has 1 rings (SSSR count). The monoisotopic (exact) mass is 157 g/mol. The first-order valence-electron chi connectivity index (χ1n) is 3.62. The lowest BCUT2D eigenvalue weighted by atomic mass is 10.2. The van der Waals surface area contributed by atoms with Crippen LogP contribution in [0.2, 0.25) is 0 Å². The van der Waals surface area contributed by atoms with Gasteiger partial charge in [-0.2, -0.15) is 0 Å². The average molecular weight is 157 g/mol. The molecular formula is C7H11NO3. The van der Waals surface area contributed by atoms with Crippen LogP contribution in [0, 0.1) is 0 Å². The number of hydrogen-bond acceptors (Lipinski definition) is 4. The Hall–Kier alpha value is -0.900. The third-order valence-corrected chi connectivity index (χ3v) is 1.60. The van der Waals surface area contributed by atoms with E-state index in [1.807, 2.05) is 0 Å². The highest BCUT2D eigenvalue weighted by atomic mass is 16.5. The number of esters is 1. The molecule has 0 spiro atoms. The van der Waals surface area contributed by atoms with Crippen molar-refractivity contribution in [2.24, 2.45) is 0 Å². The summed E-state index contributed by atoms with van der Waals surface area (Å²) in [5.41, 5.74) is 0. The van der Waals surface area contributed by atoms with Crippen molar-refractivity contribution in [3.8, 4) is 0 Å². The van der Waals surface area contributed by atoms with E-state index in [1.165, 1.54) is 0 Å². The summed E-state index contributed by atoms with van der Waals surface area (Å²) in [6, 6.07) is -0.555. The molecular weight excluding hydrogens is 146 g/mol. The third-order valence-electron chi connectivity index (χ3n) is 1.60. The van der Waals surface area contributed by atoms with Gasteiger partial charge in [-0.05, 0) is 6.92 Å². The lowest BCUT2D eigenvalue weighted by Crippen LogP contribution is -2.40. The number of carbonyl (C=O) groups is 2. The second-order valence-corrected chi connectivity index (χ2v) is 2.60. The Bertz CT molecular complexity index is 169. The van der Waals surface area contributed by atoms with Crippen molar-refractivity contribution >= 4 is 12.3 Å². The van der Waals surface area contributed by atoms with E-state index in [9.17, 15) is 9.59 Å². The Morgan fingerprint density at radius 1 is 1.82 bits per heavy atom. The first-order chi connectivity index (χ1) is 5.24. The van der Waals surface area contributed by atoms with Gasteiger partial charge in [0.1, 0.15) is 12.3 Å². The fourth-order valence-electron chi connectivity index (χ4n) is 1.00. The third kappa shape index (κ3) is 2.01. The first kappa shape index (κ1) is 8.20. The quantitative estimate of drug-likeness (QED) is 0.442. The molecule has 1 aliphatic heterocycles. The highest BCUT2D eigenvalue weighted by Gasteiger charge is 2.26. The molecule has 1 aliphatic rings. The minimum Gasteiger partial charge on any atom is -0.464 e. The van der Waals surface area contributed by atoms with Crippen LogP contribution in [-0.2, 0) is 14.3 Å². The van der Waals surface area contributed by atoms with Gasteiger partial charge < -0.3 is 9.53 Å². The van der Waals surface area contributed by atoms with Crippen LogP contribution >= 0.6 is 0 Å². The zero-order valence-corrected chi connectivity index (χ0v) is 6.37. The van der Waals surface area contributed by atoms with Gasteiger partial charge >= 0.3 is 5.97 Å². The van der Waals surface area contributed by atoms with Crippen molar-refractivity contribution in [3.05, 3.63) is 0 Å². The lowest BCUT2D eigenvalue weighted by molar-refractivity contribution is -0.139. The van der Waals surface area contributed by atoms with Crippen molar-refractivity contribution in [2.45, 2.75) is 25.4 Å². The van der Waals surface area contributed by atoms with Gasteiger partial charge in [0.05, 0.1) is 12.6 Å². The maximum absolute atomic E-state index is 10.8. The van der Waals surface area contributed by atoms with Gasteiger partial charge in [0, 0.05) is 6.42 Å². The van der Waals surface area contributed by atoms with Crippen molar-refractivity contribution < 1.29 is 14.3 Å². The van der Waals surface area contributed by atoms with Crippen LogP contribution in [-0.4, -0.2) is 30.9 Å². The molecule has 11 heavy (non-hydrogen) atoms. The SMILES string of the molecule is C[C@@H](C=O)NC1CCOC1=O. The molecule has 4 nitrogen and oxygen atoms in total. The number of carbonyl (C=O) groups excluding carboxylic acids is 2. The molecule has 0 bridgehead atoms. The number of cyclic esters (lactones) is 1. The molecule has 1 saturated heterocycles. The Balaban J connectivity index is 2.36. The predicted molar refractivity (Wildman–Crippen MR) is 38.0 cm³/mol. The number of nitrogens with one attached hydrogen (secondary N) is 1. The summed E-state index contributed by atoms with van der Waals surface area (Å²) in [6.45, 7) is 2.17. The maximum atomic E-state index is 10.8. The van der Waals surface area contributed by atoms with Crippen LogP contribution in [0.25, 0.3) is 0 Å². The van der Waals surface area contributed by atoms with Gasteiger partial charge in [0.2, 0.25) is 0 Å². The minimum atomic E-state index is -0.282. The second kappa shape index (κ2) is 3.48. The van der Waals surface area contributed by atoms with Crippen molar-refractivity contribution in [1.29, 1.82) is 0 Å². The number of rotatable bonds is 3. The molecule has 1 unspecified atom stereocenters. The van der Waals surface area contributed by atoms with Crippen LogP contribution in [0.1, 0.15) is 13.3 Å². The fourth-order valence-corrected chi connectivity index (χ4v) is 1.00. The van der Waals surface area contributed by atoms with Crippen LogP contribution in [0.3, 0.4) is 0 Å². The standard InChI is InChI=1S/C7H11NO3/c1-5(4-9)8-6-2-3-11-7(6)10/h4-6,8H,2-3H2,1H3/t5-,6?/m0/s1. The molecule has 1 heterocycles. The molecule has 0 aliphatic carbocycles. The van der Waals surface area contributed by atoms with E-state index in [0.717, 1.165) is 6.29 Å². The molecule has 1 fully saturated rings. The normalized spacial score (nSPS) is 26.3. The molecule has 0 saturated carbocycles. The van der Waals surface area contributed by atoms with Crippen LogP contribution in [0.5, 0.6) is 0 Å². The van der Waals surface area contributed by atoms with Crippen LogP contribution in [0.15, 0.2) is 0 Å². The number of aldehydes is 1. The van der Waals surface area contributed by atoms with E-state index >= 15 is 0 Å². The summed E-state index contributed by atoms with van der Waals surface area (Å²) >= 11 is 0. The molecule has 0 aromatic carbocycles. The molecule has 62 valence electrons. The Morgan fingerprint density at radius 3 is 3.00 bits per heavy atom. The first-order valence-corrected chi connectivity index (χ1v) is 3.62. The summed E-state index contributed by atoms with van der Waals surface area (Å²) in [7, 11) is 0. The van der Waals surface area contributed by atoms with Gasteiger partial charge in [-0.1, -0.05) is 0 Å². The maximum Gasteiger partial charge on any atom is 0.323 e. The van der Waals surface area contributed by atoms with Crippen molar-refractivity contribution in [3.63, 3.8) is 0 Å². The van der Waals surface area contributed by atoms with Gasteiger partial charge in [0.25, 0.3) is 0 Å². The largest absolute Gasteiger partial charge is 0.464 e. The van der Waals surface area contributed by atoms with Crippen molar-refractivity contribution in [1.82, 2.24) is 5.32 Å². The topological polar surface area (TPSA) is 55.4 Å². The van der Waals surface area contributed by atoms with E-state index in [4.69, 9.17) is 4.74 Å². The summed E-state index contributed by atoms with van der Waals surface area (Å²) in [5.74, 6) is -0.251. The average Bonchev–Trinajstić information content (AvgIpc) is 2.37. The van der Waals surface area contributed by atoms with Crippen LogP contribution < -0.4 is 5.32 Å². The predicted octanol–water partition coefficient (Wildman–Crippen LogP) is -0.521. The fraction of sp³-hybridized carbons (Fsp3) is 0.714. The molecule has 2 atom stereocenters. The zero-order valence-electron chi connectivity index (χ0n) is 6.37. The van der Waals surface area contributed by atoms with Gasteiger partial charge in [-0.3, -0.25) is 10.1 Å². The second-order valence-electron chi connectivity index (χ2n) is 2.60. The molecule has 4 heteroatoms. The summed E-state index contributed by atoms with van der Waals surface area (Å²) < 4.78 is 4.69. The van der Waals surface area contributed by atoms with Crippen molar-refractivity contribution in [2.75, 3.05) is 6.61 Å². The highest BCUT2D eigenvalue weighted by molar-refractivity contribution is 5.78. The zero-order chi connectivity index (χ0) is 8.27. The van der Waals surface area contributed by atoms with E-state index in [1.54, 1.807) is 6.92 Å². The van der Waals surface area contributed by atoms with Crippen LogP contribution in [0.4, 0.5) is 0 Å². The Morgan fingerprint density at radius 2 is 2.55 bits per heavy atom. The molecule has 0 aromatic heterocycles. The number of ether oxygens (including phenoxy) is 1. The minimum absolute atomic E-state index is 0.251. The Kier molecular flexibility index (Phi) is 2.59. The van der Waals surface area contributed by atoms with E-state index in [-0.39, 0.29) is 18.1 Å². The summed E-state index contributed by atoms with van der Waals surface area (Å²) in [5, 5.41) is 2.84. The van der Waals surface area contributed by atoms with Gasteiger partial charge in [0.15, 0.2) is 0 Å². The van der Waals surface area contributed by atoms with E-state index in [2.05, 4.69) is 5.32 Å².